The number of ether oxygens (including phenoxy) is 2. The van der Waals surface area contributed by atoms with Crippen molar-refractivity contribution >= 4 is 11.5 Å². The van der Waals surface area contributed by atoms with Gasteiger partial charge in [-0.3, -0.25) is 4.99 Å². The third kappa shape index (κ3) is 4.93. The number of benzene rings is 2. The van der Waals surface area contributed by atoms with Crippen molar-refractivity contribution in [1.29, 1.82) is 0 Å². The Bertz CT molecular complexity index is 900. The molecule has 5 nitrogen and oxygen atoms in total. The van der Waals surface area contributed by atoms with Crippen LogP contribution in [0.3, 0.4) is 0 Å². The molecule has 0 unspecified atom stereocenters. The van der Waals surface area contributed by atoms with Crippen molar-refractivity contribution in [3.05, 3.63) is 71.8 Å². The summed E-state index contributed by atoms with van der Waals surface area (Å²) in [6.07, 6.45) is 5.37. The number of nitrogens with one attached hydrogen (secondary N) is 1. The van der Waals surface area contributed by atoms with Gasteiger partial charge in [-0.2, -0.15) is 0 Å². The minimum absolute atomic E-state index is 0.0429. The number of nitrogens with zero attached hydrogens (tertiary/aromatic N) is 2. The van der Waals surface area contributed by atoms with Gasteiger partial charge >= 0.3 is 0 Å². The van der Waals surface area contributed by atoms with E-state index in [1.165, 1.54) is 16.7 Å². The van der Waals surface area contributed by atoms with Crippen molar-refractivity contribution in [2.24, 2.45) is 4.99 Å². The highest BCUT2D eigenvalue weighted by molar-refractivity contribution is 5.81. The summed E-state index contributed by atoms with van der Waals surface area (Å²) in [6.45, 7) is 4.28. The lowest BCUT2D eigenvalue weighted by Crippen LogP contribution is -2.50. The molecule has 1 saturated heterocycles. The molecule has 1 fully saturated rings. The Morgan fingerprint density at radius 2 is 1.84 bits per heavy atom. The molecule has 31 heavy (non-hydrogen) atoms. The molecular formula is C26H33N3O2. The summed E-state index contributed by atoms with van der Waals surface area (Å²) in [7, 11) is 3.59. The Hall–Kier alpha value is -2.79. The fourth-order valence-electron chi connectivity index (χ4n) is 4.63. The van der Waals surface area contributed by atoms with Crippen molar-refractivity contribution in [3.63, 3.8) is 0 Å². The maximum Gasteiger partial charge on any atom is 0.193 e. The zero-order chi connectivity index (χ0) is 21.5. The summed E-state index contributed by atoms with van der Waals surface area (Å²) in [5.74, 6) is 1.87. The van der Waals surface area contributed by atoms with Gasteiger partial charge in [0.1, 0.15) is 5.75 Å². The molecule has 0 spiro atoms. The van der Waals surface area contributed by atoms with Crippen LogP contribution >= 0.6 is 0 Å². The third-order valence-electron chi connectivity index (χ3n) is 6.60. The van der Waals surface area contributed by atoms with E-state index in [2.05, 4.69) is 75.9 Å². The predicted molar refractivity (Wildman–Crippen MR) is 127 cm³/mol. The molecule has 0 amide bonds. The van der Waals surface area contributed by atoms with Crippen molar-refractivity contribution in [1.82, 2.24) is 10.2 Å². The van der Waals surface area contributed by atoms with Gasteiger partial charge in [-0.05, 0) is 48.1 Å². The van der Waals surface area contributed by atoms with E-state index in [0.29, 0.717) is 0 Å². The van der Waals surface area contributed by atoms with Crippen molar-refractivity contribution in [2.75, 3.05) is 47.0 Å². The highest BCUT2D eigenvalue weighted by atomic mass is 16.5. The molecular weight excluding hydrogens is 386 g/mol. The van der Waals surface area contributed by atoms with E-state index < -0.39 is 0 Å². The standard InChI is InChI=1S/C26H33N3O2/c1-27-25(29-16-12-22(13-17-29)21-6-4-3-5-7-21)28-20-26(14-18-31-19-15-26)23-8-10-24(30-2)11-9-23/h3-12H,13-20H2,1-2H3,(H,27,28). The first kappa shape index (κ1) is 21.4. The first-order valence-corrected chi connectivity index (χ1v) is 11.2. The Morgan fingerprint density at radius 3 is 2.45 bits per heavy atom. The van der Waals surface area contributed by atoms with Crippen LogP contribution < -0.4 is 10.1 Å². The molecule has 0 saturated carbocycles. The van der Waals surface area contributed by atoms with Gasteiger partial charge in [0.05, 0.1) is 7.11 Å². The molecule has 164 valence electrons. The summed E-state index contributed by atoms with van der Waals surface area (Å²) >= 11 is 0. The molecule has 2 aromatic rings. The highest BCUT2D eigenvalue weighted by Gasteiger charge is 2.35. The van der Waals surface area contributed by atoms with Crippen LogP contribution in [-0.4, -0.2) is 57.9 Å². The molecule has 2 heterocycles. The second-order valence-corrected chi connectivity index (χ2v) is 8.31. The largest absolute Gasteiger partial charge is 0.497 e. The maximum atomic E-state index is 5.69. The Balaban J connectivity index is 1.44. The average Bonchev–Trinajstić information content (AvgIpc) is 2.86. The van der Waals surface area contributed by atoms with Crippen LogP contribution in [0.2, 0.25) is 0 Å². The predicted octanol–water partition coefficient (Wildman–Crippen LogP) is 4.11. The molecule has 0 bridgehead atoms. The van der Waals surface area contributed by atoms with Crippen LogP contribution in [0.5, 0.6) is 5.75 Å². The average molecular weight is 420 g/mol. The quantitative estimate of drug-likeness (QED) is 0.585. The van der Waals surface area contributed by atoms with Gasteiger partial charge in [0.25, 0.3) is 0 Å². The monoisotopic (exact) mass is 419 g/mol. The molecule has 0 aromatic heterocycles. The summed E-state index contributed by atoms with van der Waals surface area (Å²) in [5, 5.41) is 3.69. The SMILES string of the molecule is CN=C(NCC1(c2ccc(OC)cc2)CCOCC1)N1CC=C(c2ccccc2)CC1. The van der Waals surface area contributed by atoms with Crippen LogP contribution in [0.25, 0.3) is 5.57 Å². The van der Waals surface area contributed by atoms with Crippen LogP contribution in [0.4, 0.5) is 0 Å². The van der Waals surface area contributed by atoms with Crippen LogP contribution in [-0.2, 0) is 10.2 Å². The minimum atomic E-state index is 0.0429. The lowest BCUT2D eigenvalue weighted by molar-refractivity contribution is 0.0511. The minimum Gasteiger partial charge on any atom is -0.497 e. The summed E-state index contributed by atoms with van der Waals surface area (Å²) < 4.78 is 11.0. The van der Waals surface area contributed by atoms with E-state index in [4.69, 9.17) is 9.47 Å². The number of guanidine groups is 1. The zero-order valence-corrected chi connectivity index (χ0v) is 18.6. The van der Waals surface area contributed by atoms with Gasteiger partial charge < -0.3 is 19.7 Å². The Labute approximate surface area is 185 Å². The molecule has 4 rings (SSSR count). The van der Waals surface area contributed by atoms with Crippen molar-refractivity contribution in [3.8, 4) is 5.75 Å². The van der Waals surface area contributed by atoms with E-state index in [0.717, 1.165) is 63.8 Å². The number of methoxy groups -OCH3 is 1. The number of hydrogen-bond donors (Lipinski definition) is 1. The first-order valence-electron chi connectivity index (χ1n) is 11.2. The van der Waals surface area contributed by atoms with Crippen LogP contribution in [0, 0.1) is 0 Å². The Morgan fingerprint density at radius 1 is 1.10 bits per heavy atom. The Kier molecular flexibility index (Phi) is 6.92. The second-order valence-electron chi connectivity index (χ2n) is 8.31. The maximum absolute atomic E-state index is 5.69. The lowest BCUT2D eigenvalue weighted by atomic mass is 9.74. The molecule has 2 aromatic carbocycles. The normalized spacial score (nSPS) is 19.0. The smallest absolute Gasteiger partial charge is 0.193 e. The van der Waals surface area contributed by atoms with Crippen LogP contribution in [0.1, 0.15) is 30.4 Å². The van der Waals surface area contributed by atoms with E-state index in [1.807, 2.05) is 7.05 Å². The summed E-state index contributed by atoms with van der Waals surface area (Å²) in [5.41, 5.74) is 4.13. The van der Waals surface area contributed by atoms with Gasteiger partial charge in [-0.15, -0.1) is 0 Å². The summed E-state index contributed by atoms with van der Waals surface area (Å²) in [6, 6.07) is 19.2. The molecule has 1 N–H and O–H groups in total. The van der Waals surface area contributed by atoms with Crippen LogP contribution in [0.15, 0.2) is 65.7 Å². The topological polar surface area (TPSA) is 46.1 Å². The van der Waals surface area contributed by atoms with E-state index in [-0.39, 0.29) is 5.41 Å². The molecule has 0 aliphatic carbocycles. The lowest BCUT2D eigenvalue weighted by Gasteiger charge is -2.39. The third-order valence-corrected chi connectivity index (χ3v) is 6.60. The number of aliphatic imine (C=N–C) groups is 1. The van der Waals surface area contributed by atoms with Gasteiger partial charge in [0, 0.05) is 45.3 Å². The van der Waals surface area contributed by atoms with Gasteiger partial charge in [0.15, 0.2) is 5.96 Å². The summed E-state index contributed by atoms with van der Waals surface area (Å²) in [4.78, 5) is 6.94. The molecule has 0 radical (unpaired) electrons. The van der Waals surface area contributed by atoms with E-state index in [9.17, 15) is 0 Å². The second kappa shape index (κ2) is 10.0. The van der Waals surface area contributed by atoms with Gasteiger partial charge in [-0.1, -0.05) is 48.5 Å². The van der Waals surface area contributed by atoms with E-state index >= 15 is 0 Å². The van der Waals surface area contributed by atoms with Gasteiger partial charge in [0.2, 0.25) is 0 Å². The fourth-order valence-corrected chi connectivity index (χ4v) is 4.63. The molecule has 5 heteroatoms. The van der Waals surface area contributed by atoms with Crippen molar-refractivity contribution < 1.29 is 9.47 Å². The number of hydrogen-bond acceptors (Lipinski definition) is 3. The van der Waals surface area contributed by atoms with E-state index in [1.54, 1.807) is 7.11 Å². The molecule has 2 aliphatic rings. The first-order chi connectivity index (χ1) is 15.2. The molecule has 2 aliphatic heterocycles. The van der Waals surface area contributed by atoms with Gasteiger partial charge in [-0.25, -0.2) is 0 Å². The van der Waals surface area contributed by atoms with Crippen molar-refractivity contribution in [2.45, 2.75) is 24.7 Å². The fraction of sp³-hybridized carbons (Fsp3) is 0.423. The highest BCUT2D eigenvalue weighted by Crippen LogP contribution is 2.35. The zero-order valence-electron chi connectivity index (χ0n) is 18.6. The number of rotatable bonds is 5. The molecule has 0 atom stereocenters.